The minimum atomic E-state index is 0.687. The highest BCUT2D eigenvalue weighted by Crippen LogP contribution is 2.29. The third kappa shape index (κ3) is 4.04. The van der Waals surface area contributed by atoms with Crippen LogP contribution in [0.3, 0.4) is 0 Å². The van der Waals surface area contributed by atoms with Crippen LogP contribution in [0.25, 0.3) is 0 Å². The predicted molar refractivity (Wildman–Crippen MR) is 76.2 cm³/mol. The molecule has 0 aliphatic heterocycles. The molecule has 1 aromatic carbocycles. The molecule has 0 unspecified atom stereocenters. The summed E-state index contributed by atoms with van der Waals surface area (Å²) < 4.78 is 5.80. The predicted octanol–water partition coefficient (Wildman–Crippen LogP) is 3.94. The maximum atomic E-state index is 6.20. The molecule has 2 nitrogen and oxygen atoms in total. The first-order valence-corrected chi connectivity index (χ1v) is 6.93. The maximum Gasteiger partial charge on any atom is 0.142 e. The number of para-hydroxylation sites is 1. The topological polar surface area (TPSA) is 21.3 Å². The number of unbranched alkanes of at least 4 members (excludes halogenated alkanes) is 1. The van der Waals surface area contributed by atoms with Gasteiger partial charge in [0.2, 0.25) is 0 Å². The number of halogens is 1. The van der Waals surface area contributed by atoms with Gasteiger partial charge in [0, 0.05) is 18.2 Å². The molecule has 98 valence electrons. The third-order valence-corrected chi connectivity index (χ3v) is 3.30. The summed E-state index contributed by atoms with van der Waals surface area (Å²) in [4.78, 5) is 0. The fraction of sp³-hybridized carbons (Fsp3) is 0.467. The molecule has 0 saturated heterocycles. The van der Waals surface area contributed by atoms with Crippen molar-refractivity contribution in [2.24, 2.45) is 0 Å². The average molecular weight is 266 g/mol. The van der Waals surface area contributed by atoms with Crippen LogP contribution in [0, 0.1) is 0 Å². The summed E-state index contributed by atoms with van der Waals surface area (Å²) in [6, 6.07) is 6.62. The molecule has 2 rings (SSSR count). The standard InChI is InChI=1S/C15H20ClNO/c1-2-3-4-10-18-15-12(6-5-7-14(15)16)11-17-13-8-9-13/h2,5-7,13,17H,1,3-4,8-11H2. The zero-order valence-corrected chi connectivity index (χ0v) is 11.4. The highest BCUT2D eigenvalue weighted by molar-refractivity contribution is 6.32. The van der Waals surface area contributed by atoms with Gasteiger partial charge in [0.25, 0.3) is 0 Å². The molecule has 1 N–H and O–H groups in total. The van der Waals surface area contributed by atoms with Gasteiger partial charge in [0.15, 0.2) is 0 Å². The zero-order valence-electron chi connectivity index (χ0n) is 10.6. The van der Waals surface area contributed by atoms with Gasteiger partial charge in [-0.2, -0.15) is 0 Å². The van der Waals surface area contributed by atoms with Gasteiger partial charge >= 0.3 is 0 Å². The first-order chi connectivity index (χ1) is 8.81. The molecule has 3 heteroatoms. The Bertz CT molecular complexity index is 401. The molecule has 0 aromatic heterocycles. The van der Waals surface area contributed by atoms with Crippen molar-refractivity contribution in [3.8, 4) is 5.75 Å². The highest BCUT2D eigenvalue weighted by atomic mass is 35.5. The summed E-state index contributed by atoms with van der Waals surface area (Å²) in [6.07, 6.45) is 6.43. The van der Waals surface area contributed by atoms with Gasteiger partial charge in [-0.05, 0) is 31.7 Å². The summed E-state index contributed by atoms with van der Waals surface area (Å²) in [6.45, 7) is 5.23. The second kappa shape index (κ2) is 6.81. The zero-order chi connectivity index (χ0) is 12.8. The largest absolute Gasteiger partial charge is 0.492 e. The van der Waals surface area contributed by atoms with E-state index in [1.165, 1.54) is 12.8 Å². The Kier molecular flexibility index (Phi) is 5.09. The molecule has 1 saturated carbocycles. The fourth-order valence-corrected chi connectivity index (χ4v) is 2.05. The number of nitrogens with one attached hydrogen (secondary N) is 1. The Hall–Kier alpha value is -0.990. The highest BCUT2D eigenvalue weighted by Gasteiger charge is 2.20. The Morgan fingerprint density at radius 3 is 3.00 bits per heavy atom. The number of allylic oxidation sites excluding steroid dienone is 1. The molecule has 1 aliphatic carbocycles. The Morgan fingerprint density at radius 1 is 1.44 bits per heavy atom. The van der Waals surface area contributed by atoms with Crippen molar-refractivity contribution in [3.63, 3.8) is 0 Å². The molecule has 0 atom stereocenters. The van der Waals surface area contributed by atoms with Gasteiger partial charge < -0.3 is 10.1 Å². The SMILES string of the molecule is C=CCCCOc1c(Cl)cccc1CNC1CC1. The molecule has 1 aromatic rings. The van der Waals surface area contributed by atoms with Gasteiger partial charge in [-0.3, -0.25) is 0 Å². The number of hydrogen-bond donors (Lipinski definition) is 1. The van der Waals surface area contributed by atoms with Crippen LogP contribution in [-0.2, 0) is 6.54 Å². The molecule has 1 fully saturated rings. The Balaban J connectivity index is 1.93. The van der Waals surface area contributed by atoms with Crippen LogP contribution < -0.4 is 10.1 Å². The second-order valence-corrected chi connectivity index (χ2v) is 5.07. The van der Waals surface area contributed by atoms with Crippen LogP contribution in [0.4, 0.5) is 0 Å². The Morgan fingerprint density at radius 2 is 2.28 bits per heavy atom. The summed E-state index contributed by atoms with van der Waals surface area (Å²) >= 11 is 6.20. The smallest absolute Gasteiger partial charge is 0.142 e. The molecule has 0 radical (unpaired) electrons. The van der Waals surface area contributed by atoms with Crippen LogP contribution in [-0.4, -0.2) is 12.6 Å². The molecule has 0 bridgehead atoms. The molecule has 1 aliphatic rings. The molecule has 0 spiro atoms. The van der Waals surface area contributed by atoms with E-state index in [4.69, 9.17) is 16.3 Å². The van der Waals surface area contributed by atoms with E-state index in [1.54, 1.807) is 0 Å². The number of ether oxygens (including phenoxy) is 1. The van der Waals surface area contributed by atoms with Crippen molar-refractivity contribution in [2.75, 3.05) is 6.61 Å². The van der Waals surface area contributed by atoms with E-state index in [9.17, 15) is 0 Å². The molecule has 0 amide bonds. The van der Waals surface area contributed by atoms with E-state index in [0.717, 1.165) is 30.7 Å². The lowest BCUT2D eigenvalue weighted by atomic mass is 10.2. The van der Waals surface area contributed by atoms with Crippen molar-refractivity contribution in [3.05, 3.63) is 41.4 Å². The fourth-order valence-electron chi connectivity index (χ4n) is 1.80. The minimum absolute atomic E-state index is 0.687. The molecular weight excluding hydrogens is 246 g/mol. The first-order valence-electron chi connectivity index (χ1n) is 6.55. The number of benzene rings is 1. The lowest BCUT2D eigenvalue weighted by Gasteiger charge is -2.13. The first kappa shape index (κ1) is 13.4. The quantitative estimate of drug-likeness (QED) is 0.568. The van der Waals surface area contributed by atoms with Gasteiger partial charge in [0.1, 0.15) is 5.75 Å². The number of hydrogen-bond acceptors (Lipinski definition) is 2. The van der Waals surface area contributed by atoms with Gasteiger partial charge in [-0.1, -0.05) is 29.8 Å². The molecular formula is C15H20ClNO. The summed E-state index contributed by atoms with van der Waals surface area (Å²) in [5, 5.41) is 4.19. The molecule has 18 heavy (non-hydrogen) atoms. The minimum Gasteiger partial charge on any atom is -0.492 e. The summed E-state index contributed by atoms with van der Waals surface area (Å²) in [5.74, 6) is 0.830. The van der Waals surface area contributed by atoms with Crippen LogP contribution in [0.2, 0.25) is 5.02 Å². The van der Waals surface area contributed by atoms with E-state index >= 15 is 0 Å². The van der Waals surface area contributed by atoms with Crippen molar-refractivity contribution in [2.45, 2.75) is 38.3 Å². The van der Waals surface area contributed by atoms with E-state index in [0.29, 0.717) is 17.7 Å². The van der Waals surface area contributed by atoms with Crippen molar-refractivity contribution in [1.29, 1.82) is 0 Å². The van der Waals surface area contributed by atoms with Gasteiger partial charge in [-0.15, -0.1) is 6.58 Å². The van der Waals surface area contributed by atoms with E-state index in [-0.39, 0.29) is 0 Å². The Labute approximate surface area is 114 Å². The second-order valence-electron chi connectivity index (χ2n) is 4.66. The normalized spacial score (nSPS) is 14.5. The summed E-state index contributed by atoms with van der Waals surface area (Å²) in [5.41, 5.74) is 1.15. The van der Waals surface area contributed by atoms with Gasteiger partial charge in [-0.25, -0.2) is 0 Å². The molecule has 0 heterocycles. The van der Waals surface area contributed by atoms with Crippen LogP contribution >= 0.6 is 11.6 Å². The average Bonchev–Trinajstić information content (AvgIpc) is 3.18. The van der Waals surface area contributed by atoms with Crippen molar-refractivity contribution < 1.29 is 4.74 Å². The van der Waals surface area contributed by atoms with E-state index < -0.39 is 0 Å². The van der Waals surface area contributed by atoms with Crippen LogP contribution in [0.15, 0.2) is 30.9 Å². The van der Waals surface area contributed by atoms with Crippen LogP contribution in [0.5, 0.6) is 5.75 Å². The monoisotopic (exact) mass is 265 g/mol. The lowest BCUT2D eigenvalue weighted by molar-refractivity contribution is 0.308. The van der Waals surface area contributed by atoms with Crippen molar-refractivity contribution in [1.82, 2.24) is 5.32 Å². The van der Waals surface area contributed by atoms with Crippen molar-refractivity contribution >= 4 is 11.6 Å². The third-order valence-electron chi connectivity index (χ3n) is 3.01. The maximum absolute atomic E-state index is 6.20. The van der Waals surface area contributed by atoms with E-state index in [1.807, 2.05) is 18.2 Å². The van der Waals surface area contributed by atoms with Crippen LogP contribution in [0.1, 0.15) is 31.2 Å². The van der Waals surface area contributed by atoms with E-state index in [2.05, 4.69) is 18.0 Å². The summed E-state index contributed by atoms with van der Waals surface area (Å²) in [7, 11) is 0. The lowest BCUT2D eigenvalue weighted by Crippen LogP contribution is -2.16. The van der Waals surface area contributed by atoms with Gasteiger partial charge in [0.05, 0.1) is 11.6 Å². The number of rotatable bonds is 8.